The van der Waals surface area contributed by atoms with Gasteiger partial charge in [0.1, 0.15) is 23.5 Å². The van der Waals surface area contributed by atoms with E-state index in [4.69, 9.17) is 4.74 Å². The molecule has 0 aromatic heterocycles. The second kappa shape index (κ2) is 7.05. The number of benzene rings is 2. The van der Waals surface area contributed by atoms with Gasteiger partial charge in [0.15, 0.2) is 0 Å². The maximum absolute atomic E-state index is 14.0. The molecule has 0 spiro atoms. The van der Waals surface area contributed by atoms with Crippen LogP contribution < -0.4 is 10.1 Å². The summed E-state index contributed by atoms with van der Waals surface area (Å²) >= 11 is 0. The standard InChI is InChI=1S/C20H19F2NO2/c1-3-4-19(24)23-11-16-9-14-8-15(21)10-17(20(14)25-16)13-5-6-18(22)12(2)7-13/h3,5-8,10,16H,1,4,9,11H2,2H3,(H,23,24). The van der Waals surface area contributed by atoms with Crippen LogP contribution >= 0.6 is 0 Å². The molecule has 1 amide bonds. The lowest BCUT2D eigenvalue weighted by Gasteiger charge is -2.14. The summed E-state index contributed by atoms with van der Waals surface area (Å²) in [5.74, 6) is -0.207. The van der Waals surface area contributed by atoms with Crippen LogP contribution in [0.2, 0.25) is 0 Å². The van der Waals surface area contributed by atoms with Crippen LogP contribution in [0.5, 0.6) is 5.75 Å². The lowest BCUT2D eigenvalue weighted by Crippen LogP contribution is -2.34. The molecule has 1 N–H and O–H groups in total. The second-order valence-corrected chi connectivity index (χ2v) is 6.15. The van der Waals surface area contributed by atoms with Gasteiger partial charge in [-0.3, -0.25) is 4.79 Å². The third-order valence-corrected chi connectivity index (χ3v) is 4.19. The van der Waals surface area contributed by atoms with Gasteiger partial charge in [-0.2, -0.15) is 0 Å². The van der Waals surface area contributed by atoms with Gasteiger partial charge in [-0.15, -0.1) is 6.58 Å². The van der Waals surface area contributed by atoms with E-state index in [1.54, 1.807) is 19.1 Å². The first-order chi connectivity index (χ1) is 12.0. The summed E-state index contributed by atoms with van der Waals surface area (Å²) in [6, 6.07) is 7.49. The normalized spacial score (nSPS) is 15.4. The van der Waals surface area contributed by atoms with Crippen LogP contribution in [-0.2, 0) is 11.2 Å². The van der Waals surface area contributed by atoms with Crippen molar-refractivity contribution in [1.82, 2.24) is 5.32 Å². The van der Waals surface area contributed by atoms with Crippen LogP contribution in [0.1, 0.15) is 17.5 Å². The van der Waals surface area contributed by atoms with Crippen LogP contribution in [0.3, 0.4) is 0 Å². The molecule has 2 aromatic rings. The number of fused-ring (bicyclic) bond motifs is 1. The molecular weight excluding hydrogens is 324 g/mol. The van der Waals surface area contributed by atoms with E-state index in [-0.39, 0.29) is 30.1 Å². The van der Waals surface area contributed by atoms with E-state index in [0.29, 0.717) is 35.4 Å². The van der Waals surface area contributed by atoms with Crippen LogP contribution in [0, 0.1) is 18.6 Å². The molecular formula is C20H19F2NO2. The molecule has 1 heterocycles. The van der Waals surface area contributed by atoms with Crippen molar-refractivity contribution in [2.24, 2.45) is 0 Å². The van der Waals surface area contributed by atoms with Crippen LogP contribution in [-0.4, -0.2) is 18.6 Å². The Balaban J connectivity index is 1.84. The predicted molar refractivity (Wildman–Crippen MR) is 92.5 cm³/mol. The first-order valence-electron chi connectivity index (χ1n) is 8.11. The molecule has 0 saturated heterocycles. The number of aryl methyl sites for hydroxylation is 1. The number of halogens is 2. The minimum absolute atomic E-state index is 0.130. The van der Waals surface area contributed by atoms with Crippen molar-refractivity contribution in [2.45, 2.75) is 25.9 Å². The highest BCUT2D eigenvalue weighted by Crippen LogP contribution is 2.40. The Labute approximate surface area is 145 Å². The average molecular weight is 343 g/mol. The number of hydrogen-bond acceptors (Lipinski definition) is 2. The van der Waals surface area contributed by atoms with Gasteiger partial charge in [0.2, 0.25) is 5.91 Å². The number of carbonyl (C=O) groups is 1. The molecule has 3 rings (SSSR count). The Morgan fingerprint density at radius 2 is 2.16 bits per heavy atom. The van der Waals surface area contributed by atoms with E-state index < -0.39 is 0 Å². The maximum Gasteiger partial charge on any atom is 0.223 e. The first kappa shape index (κ1) is 17.1. The fraction of sp³-hybridized carbons (Fsp3) is 0.250. The quantitative estimate of drug-likeness (QED) is 0.835. The highest BCUT2D eigenvalue weighted by molar-refractivity contribution is 5.77. The Kier molecular flexibility index (Phi) is 4.83. The van der Waals surface area contributed by atoms with E-state index in [1.165, 1.54) is 24.3 Å². The van der Waals surface area contributed by atoms with E-state index in [2.05, 4.69) is 11.9 Å². The van der Waals surface area contributed by atoms with Gasteiger partial charge in [-0.05, 0) is 42.3 Å². The monoisotopic (exact) mass is 343 g/mol. The highest BCUT2D eigenvalue weighted by Gasteiger charge is 2.27. The number of ether oxygens (including phenoxy) is 1. The third-order valence-electron chi connectivity index (χ3n) is 4.19. The number of nitrogens with one attached hydrogen (secondary N) is 1. The van der Waals surface area contributed by atoms with E-state index in [9.17, 15) is 13.6 Å². The van der Waals surface area contributed by atoms with E-state index >= 15 is 0 Å². The van der Waals surface area contributed by atoms with Crippen molar-refractivity contribution in [3.8, 4) is 16.9 Å². The van der Waals surface area contributed by atoms with Crippen LogP contribution in [0.15, 0.2) is 43.0 Å². The lowest BCUT2D eigenvalue weighted by molar-refractivity contribution is -0.120. The van der Waals surface area contributed by atoms with Gasteiger partial charge in [0, 0.05) is 24.0 Å². The second-order valence-electron chi connectivity index (χ2n) is 6.15. The summed E-state index contributed by atoms with van der Waals surface area (Å²) in [6.07, 6.45) is 2.03. The zero-order chi connectivity index (χ0) is 18.0. The molecule has 0 radical (unpaired) electrons. The molecule has 130 valence electrons. The summed E-state index contributed by atoms with van der Waals surface area (Å²) in [5.41, 5.74) is 2.53. The smallest absolute Gasteiger partial charge is 0.223 e. The van der Waals surface area contributed by atoms with Crippen molar-refractivity contribution in [1.29, 1.82) is 0 Å². The summed E-state index contributed by atoms with van der Waals surface area (Å²) in [4.78, 5) is 11.6. The van der Waals surface area contributed by atoms with Gasteiger partial charge in [0.25, 0.3) is 0 Å². The van der Waals surface area contributed by atoms with E-state index in [0.717, 1.165) is 5.56 Å². The lowest BCUT2D eigenvalue weighted by atomic mass is 9.99. The minimum Gasteiger partial charge on any atom is -0.487 e. The minimum atomic E-state index is -0.365. The zero-order valence-electron chi connectivity index (χ0n) is 13.9. The fourth-order valence-corrected chi connectivity index (χ4v) is 2.97. The Morgan fingerprint density at radius 1 is 1.36 bits per heavy atom. The Bertz CT molecular complexity index is 833. The van der Waals surface area contributed by atoms with Gasteiger partial charge >= 0.3 is 0 Å². The SMILES string of the molecule is C=CCC(=O)NCC1Cc2cc(F)cc(-c3ccc(F)c(C)c3)c2O1. The molecule has 0 aliphatic carbocycles. The van der Waals surface area contributed by atoms with Gasteiger partial charge in [-0.1, -0.05) is 12.1 Å². The van der Waals surface area contributed by atoms with Crippen molar-refractivity contribution < 1.29 is 18.3 Å². The van der Waals surface area contributed by atoms with Crippen molar-refractivity contribution >= 4 is 5.91 Å². The summed E-state index contributed by atoms with van der Waals surface area (Å²) < 4.78 is 33.5. The molecule has 1 unspecified atom stereocenters. The molecule has 1 aliphatic rings. The topological polar surface area (TPSA) is 38.3 Å². The summed E-state index contributed by atoms with van der Waals surface area (Å²) in [7, 11) is 0. The molecule has 1 atom stereocenters. The molecule has 0 fully saturated rings. The fourth-order valence-electron chi connectivity index (χ4n) is 2.97. The van der Waals surface area contributed by atoms with Crippen LogP contribution in [0.4, 0.5) is 8.78 Å². The molecule has 5 heteroatoms. The molecule has 3 nitrogen and oxygen atoms in total. The molecule has 0 bridgehead atoms. The largest absolute Gasteiger partial charge is 0.487 e. The Hall–Kier alpha value is -2.69. The molecule has 25 heavy (non-hydrogen) atoms. The molecule has 2 aromatic carbocycles. The number of hydrogen-bond donors (Lipinski definition) is 1. The average Bonchev–Trinajstić information content (AvgIpc) is 2.98. The maximum atomic E-state index is 14.0. The summed E-state index contributed by atoms with van der Waals surface area (Å²) in [5, 5.41) is 2.77. The number of carbonyl (C=O) groups excluding carboxylic acids is 1. The highest BCUT2D eigenvalue weighted by atomic mass is 19.1. The first-order valence-corrected chi connectivity index (χ1v) is 8.11. The van der Waals surface area contributed by atoms with E-state index in [1.807, 2.05) is 0 Å². The van der Waals surface area contributed by atoms with Crippen molar-refractivity contribution in [3.63, 3.8) is 0 Å². The van der Waals surface area contributed by atoms with Crippen molar-refractivity contribution in [2.75, 3.05) is 6.54 Å². The van der Waals surface area contributed by atoms with Gasteiger partial charge in [-0.25, -0.2) is 8.78 Å². The van der Waals surface area contributed by atoms with Gasteiger partial charge in [0.05, 0.1) is 6.54 Å². The van der Waals surface area contributed by atoms with Gasteiger partial charge < -0.3 is 10.1 Å². The van der Waals surface area contributed by atoms with Crippen molar-refractivity contribution in [3.05, 3.63) is 65.7 Å². The van der Waals surface area contributed by atoms with Crippen LogP contribution in [0.25, 0.3) is 11.1 Å². The molecule has 1 aliphatic heterocycles. The zero-order valence-corrected chi connectivity index (χ0v) is 13.9. The Morgan fingerprint density at radius 3 is 2.88 bits per heavy atom. The number of rotatable bonds is 5. The molecule has 0 saturated carbocycles. The number of amides is 1. The summed E-state index contributed by atoms with van der Waals surface area (Å²) in [6.45, 7) is 5.52. The predicted octanol–water partition coefficient (Wildman–Crippen LogP) is 3.94. The third kappa shape index (κ3) is 3.71.